The van der Waals surface area contributed by atoms with Gasteiger partial charge in [0.15, 0.2) is 0 Å². The summed E-state index contributed by atoms with van der Waals surface area (Å²) in [6, 6.07) is 7.76. The van der Waals surface area contributed by atoms with Crippen LogP contribution in [-0.2, 0) is 0 Å². The molecule has 0 radical (unpaired) electrons. The standard InChI is InChI=1S/C10H10N2OS/c1-13-9-5-3-2-4-8(9)12-6-10(14)11-7-12/h2-7,14H,1H3. The number of aromatic nitrogens is 2. The van der Waals surface area contributed by atoms with Crippen molar-refractivity contribution in [3.8, 4) is 11.4 Å². The molecule has 0 saturated carbocycles. The predicted molar refractivity (Wildman–Crippen MR) is 57.4 cm³/mol. The van der Waals surface area contributed by atoms with E-state index in [2.05, 4.69) is 17.6 Å². The van der Waals surface area contributed by atoms with Crippen molar-refractivity contribution in [1.29, 1.82) is 0 Å². The van der Waals surface area contributed by atoms with Crippen molar-refractivity contribution < 1.29 is 4.74 Å². The highest BCUT2D eigenvalue weighted by atomic mass is 32.1. The molecule has 1 aromatic heterocycles. The van der Waals surface area contributed by atoms with Crippen LogP contribution in [0.4, 0.5) is 0 Å². The quantitative estimate of drug-likeness (QED) is 0.762. The maximum absolute atomic E-state index is 5.24. The maximum Gasteiger partial charge on any atom is 0.142 e. The fourth-order valence-corrected chi connectivity index (χ4v) is 1.46. The fraction of sp³-hybridized carbons (Fsp3) is 0.100. The minimum absolute atomic E-state index is 0.691. The van der Waals surface area contributed by atoms with E-state index in [4.69, 9.17) is 4.74 Å². The van der Waals surface area contributed by atoms with E-state index >= 15 is 0 Å². The van der Waals surface area contributed by atoms with Crippen LogP contribution < -0.4 is 4.74 Å². The first-order chi connectivity index (χ1) is 6.81. The van der Waals surface area contributed by atoms with Crippen LogP contribution in [0, 0.1) is 0 Å². The summed E-state index contributed by atoms with van der Waals surface area (Å²) in [6.07, 6.45) is 3.54. The smallest absolute Gasteiger partial charge is 0.142 e. The molecule has 0 aliphatic rings. The Labute approximate surface area is 87.8 Å². The van der Waals surface area contributed by atoms with E-state index in [0.29, 0.717) is 5.03 Å². The maximum atomic E-state index is 5.24. The van der Waals surface area contributed by atoms with Crippen molar-refractivity contribution >= 4 is 12.6 Å². The first kappa shape index (κ1) is 9.15. The number of benzene rings is 1. The Morgan fingerprint density at radius 2 is 2.14 bits per heavy atom. The van der Waals surface area contributed by atoms with Gasteiger partial charge in [0.2, 0.25) is 0 Å². The normalized spacial score (nSPS) is 10.1. The molecule has 0 bridgehead atoms. The summed E-state index contributed by atoms with van der Waals surface area (Å²) >= 11 is 4.15. The Balaban J connectivity index is 2.50. The highest BCUT2D eigenvalue weighted by Crippen LogP contribution is 2.22. The second-order valence-corrected chi connectivity index (χ2v) is 3.27. The molecule has 3 nitrogen and oxygen atoms in total. The topological polar surface area (TPSA) is 27.1 Å². The van der Waals surface area contributed by atoms with Crippen LogP contribution in [0.25, 0.3) is 5.69 Å². The van der Waals surface area contributed by atoms with Crippen molar-refractivity contribution in [3.63, 3.8) is 0 Å². The third kappa shape index (κ3) is 1.61. The number of ether oxygens (including phenoxy) is 1. The monoisotopic (exact) mass is 206 g/mol. The Morgan fingerprint density at radius 1 is 1.36 bits per heavy atom. The summed E-state index contributed by atoms with van der Waals surface area (Å²) in [7, 11) is 1.65. The van der Waals surface area contributed by atoms with Crippen LogP contribution in [0.3, 0.4) is 0 Å². The lowest BCUT2D eigenvalue weighted by molar-refractivity contribution is 0.413. The summed E-state index contributed by atoms with van der Waals surface area (Å²) in [5.74, 6) is 0.818. The summed E-state index contributed by atoms with van der Waals surface area (Å²) in [5.41, 5.74) is 0.961. The lowest BCUT2D eigenvalue weighted by Gasteiger charge is -2.07. The van der Waals surface area contributed by atoms with E-state index in [1.165, 1.54) is 0 Å². The first-order valence-electron chi connectivity index (χ1n) is 4.17. The molecule has 0 atom stereocenters. The van der Waals surface area contributed by atoms with Gasteiger partial charge < -0.3 is 9.30 Å². The average molecular weight is 206 g/mol. The second kappa shape index (κ2) is 3.75. The van der Waals surface area contributed by atoms with Crippen molar-refractivity contribution in [1.82, 2.24) is 9.55 Å². The zero-order chi connectivity index (χ0) is 9.97. The lowest BCUT2D eigenvalue weighted by Crippen LogP contribution is -1.94. The van der Waals surface area contributed by atoms with Gasteiger partial charge in [0.1, 0.15) is 17.1 Å². The van der Waals surface area contributed by atoms with Gasteiger partial charge in [-0.25, -0.2) is 4.98 Å². The zero-order valence-corrected chi connectivity index (χ0v) is 8.61. The van der Waals surface area contributed by atoms with Crippen molar-refractivity contribution in [2.75, 3.05) is 7.11 Å². The molecule has 1 aromatic carbocycles. The molecule has 0 spiro atoms. The highest BCUT2D eigenvalue weighted by Gasteiger charge is 2.03. The SMILES string of the molecule is COc1ccccc1-n1cnc(S)c1. The summed E-state index contributed by atoms with van der Waals surface area (Å²) in [4.78, 5) is 4.04. The molecule has 0 amide bonds. The highest BCUT2D eigenvalue weighted by molar-refractivity contribution is 7.80. The zero-order valence-electron chi connectivity index (χ0n) is 7.71. The molecule has 4 heteroatoms. The van der Waals surface area contributed by atoms with Gasteiger partial charge in [0, 0.05) is 6.20 Å². The number of hydrogen-bond acceptors (Lipinski definition) is 3. The Kier molecular flexibility index (Phi) is 2.45. The Hall–Kier alpha value is -1.42. The van der Waals surface area contributed by atoms with Crippen LogP contribution in [0.1, 0.15) is 0 Å². The molecular weight excluding hydrogens is 196 g/mol. The first-order valence-corrected chi connectivity index (χ1v) is 4.62. The van der Waals surface area contributed by atoms with E-state index < -0.39 is 0 Å². The number of hydrogen-bond donors (Lipinski definition) is 1. The largest absolute Gasteiger partial charge is 0.495 e. The molecule has 0 unspecified atom stereocenters. The second-order valence-electron chi connectivity index (χ2n) is 2.81. The van der Waals surface area contributed by atoms with Crippen LogP contribution in [0.5, 0.6) is 5.75 Å². The lowest BCUT2D eigenvalue weighted by atomic mass is 10.3. The molecule has 2 rings (SSSR count). The van der Waals surface area contributed by atoms with Crippen LogP contribution >= 0.6 is 12.6 Å². The van der Waals surface area contributed by atoms with E-state index in [-0.39, 0.29) is 0 Å². The Morgan fingerprint density at radius 3 is 2.79 bits per heavy atom. The van der Waals surface area contributed by atoms with E-state index in [1.54, 1.807) is 13.4 Å². The minimum Gasteiger partial charge on any atom is -0.495 e. The van der Waals surface area contributed by atoms with Crippen molar-refractivity contribution in [2.24, 2.45) is 0 Å². The number of thiol groups is 1. The van der Waals surface area contributed by atoms with Crippen LogP contribution in [0.15, 0.2) is 41.8 Å². The number of nitrogens with zero attached hydrogens (tertiary/aromatic N) is 2. The van der Waals surface area contributed by atoms with Crippen molar-refractivity contribution in [2.45, 2.75) is 5.03 Å². The van der Waals surface area contributed by atoms with Gasteiger partial charge in [-0.1, -0.05) is 12.1 Å². The molecular formula is C10H10N2OS. The number of rotatable bonds is 2. The van der Waals surface area contributed by atoms with Crippen LogP contribution in [-0.4, -0.2) is 16.7 Å². The van der Waals surface area contributed by atoms with Gasteiger partial charge in [-0.2, -0.15) is 0 Å². The molecule has 0 aliphatic heterocycles. The molecule has 0 aliphatic carbocycles. The van der Waals surface area contributed by atoms with Gasteiger partial charge >= 0.3 is 0 Å². The summed E-state index contributed by atoms with van der Waals surface area (Å²) in [6.45, 7) is 0. The van der Waals surface area contributed by atoms with Gasteiger partial charge in [-0.3, -0.25) is 0 Å². The number of para-hydroxylation sites is 2. The minimum atomic E-state index is 0.691. The van der Waals surface area contributed by atoms with Gasteiger partial charge in [0.25, 0.3) is 0 Å². The molecule has 14 heavy (non-hydrogen) atoms. The molecule has 0 fully saturated rings. The van der Waals surface area contributed by atoms with E-state index in [1.807, 2.05) is 35.0 Å². The summed E-state index contributed by atoms with van der Waals surface area (Å²) in [5, 5.41) is 0.691. The van der Waals surface area contributed by atoms with Gasteiger partial charge in [-0.15, -0.1) is 12.6 Å². The predicted octanol–water partition coefficient (Wildman–Crippen LogP) is 2.17. The summed E-state index contributed by atoms with van der Waals surface area (Å²) < 4.78 is 7.11. The molecule has 0 saturated heterocycles. The number of methoxy groups -OCH3 is 1. The van der Waals surface area contributed by atoms with Crippen molar-refractivity contribution in [3.05, 3.63) is 36.8 Å². The average Bonchev–Trinajstić information content (AvgIpc) is 2.65. The van der Waals surface area contributed by atoms with Gasteiger partial charge in [-0.05, 0) is 12.1 Å². The Bertz CT molecular complexity index is 439. The number of imidazole rings is 1. The van der Waals surface area contributed by atoms with Crippen LogP contribution in [0.2, 0.25) is 0 Å². The molecule has 1 heterocycles. The molecule has 72 valence electrons. The third-order valence-electron chi connectivity index (χ3n) is 1.93. The third-order valence-corrected chi connectivity index (χ3v) is 2.16. The van der Waals surface area contributed by atoms with Gasteiger partial charge in [0.05, 0.1) is 12.8 Å². The fourth-order valence-electron chi connectivity index (χ4n) is 1.29. The van der Waals surface area contributed by atoms with E-state index in [0.717, 1.165) is 11.4 Å². The van der Waals surface area contributed by atoms with E-state index in [9.17, 15) is 0 Å². The molecule has 2 aromatic rings. The molecule has 0 N–H and O–H groups in total.